The maximum absolute atomic E-state index is 10.6. The van der Waals surface area contributed by atoms with Gasteiger partial charge in [0.1, 0.15) is 12.4 Å². The summed E-state index contributed by atoms with van der Waals surface area (Å²) in [6.07, 6.45) is 2.08. The average molecular weight is 288 g/mol. The molecular formula is C16H16O3S. The van der Waals surface area contributed by atoms with Crippen LogP contribution in [0.25, 0.3) is 0 Å². The second kappa shape index (κ2) is 7.01. The Labute approximate surface area is 122 Å². The Kier molecular flexibility index (Phi) is 5.07. The predicted molar refractivity (Wildman–Crippen MR) is 80.3 cm³/mol. The fourth-order valence-electron chi connectivity index (χ4n) is 1.77. The summed E-state index contributed by atoms with van der Waals surface area (Å²) in [6.45, 7) is 0.507. The standard InChI is InChI=1S/C16H16O3S/c1-20-15-8-4-13(5-9-15)11-19-14-6-2-12(3-7-14)10-16(17)18/h2-9H,10-11H2,1H3,(H,17,18). The number of carboxylic acid groups (broad SMARTS) is 1. The molecule has 2 aromatic carbocycles. The van der Waals surface area contributed by atoms with Crippen LogP contribution >= 0.6 is 11.8 Å². The molecule has 3 nitrogen and oxygen atoms in total. The van der Waals surface area contributed by atoms with Gasteiger partial charge in [0.2, 0.25) is 0 Å². The number of hydrogen-bond acceptors (Lipinski definition) is 3. The molecule has 0 aromatic heterocycles. The van der Waals surface area contributed by atoms with Crippen molar-refractivity contribution in [2.24, 2.45) is 0 Å². The summed E-state index contributed by atoms with van der Waals surface area (Å²) in [5.41, 5.74) is 1.88. The Bertz CT molecular complexity index is 561. The van der Waals surface area contributed by atoms with Crippen LogP contribution < -0.4 is 4.74 Å². The molecule has 0 heterocycles. The van der Waals surface area contributed by atoms with Crippen LogP contribution in [0, 0.1) is 0 Å². The van der Waals surface area contributed by atoms with Gasteiger partial charge in [0.15, 0.2) is 0 Å². The molecule has 2 rings (SSSR count). The monoisotopic (exact) mass is 288 g/mol. The SMILES string of the molecule is CSc1ccc(COc2ccc(CC(=O)O)cc2)cc1. The van der Waals surface area contributed by atoms with Crippen molar-refractivity contribution in [3.05, 3.63) is 59.7 Å². The van der Waals surface area contributed by atoms with Crippen LogP contribution in [0.15, 0.2) is 53.4 Å². The van der Waals surface area contributed by atoms with Gasteiger partial charge in [-0.3, -0.25) is 4.79 Å². The number of thioether (sulfide) groups is 1. The normalized spacial score (nSPS) is 10.2. The van der Waals surface area contributed by atoms with Gasteiger partial charge in [-0.15, -0.1) is 11.8 Å². The Balaban J connectivity index is 1.91. The first kappa shape index (κ1) is 14.5. The summed E-state index contributed by atoms with van der Waals surface area (Å²) in [5.74, 6) is -0.0827. The van der Waals surface area contributed by atoms with E-state index in [1.807, 2.05) is 18.4 Å². The summed E-state index contributed by atoms with van der Waals surface area (Å²) >= 11 is 1.71. The van der Waals surface area contributed by atoms with Crippen LogP contribution in [0.1, 0.15) is 11.1 Å². The topological polar surface area (TPSA) is 46.5 Å². The molecule has 0 unspecified atom stereocenters. The fourth-order valence-corrected chi connectivity index (χ4v) is 2.17. The Morgan fingerprint density at radius 1 is 1.05 bits per heavy atom. The van der Waals surface area contributed by atoms with Crippen molar-refractivity contribution in [2.75, 3.05) is 6.26 Å². The van der Waals surface area contributed by atoms with E-state index < -0.39 is 5.97 Å². The molecule has 0 radical (unpaired) electrons. The first-order valence-electron chi connectivity index (χ1n) is 6.24. The molecule has 1 N–H and O–H groups in total. The highest BCUT2D eigenvalue weighted by molar-refractivity contribution is 7.98. The third kappa shape index (κ3) is 4.31. The van der Waals surface area contributed by atoms with E-state index in [1.165, 1.54) is 4.90 Å². The molecule has 0 saturated heterocycles. The quantitative estimate of drug-likeness (QED) is 0.825. The van der Waals surface area contributed by atoms with Gasteiger partial charge in [0.25, 0.3) is 0 Å². The lowest BCUT2D eigenvalue weighted by Crippen LogP contribution is -2.00. The predicted octanol–water partition coefficient (Wildman–Crippen LogP) is 3.61. The number of carboxylic acids is 1. The zero-order valence-corrected chi connectivity index (χ0v) is 12.0. The van der Waals surface area contributed by atoms with Crippen molar-refractivity contribution in [2.45, 2.75) is 17.9 Å². The average Bonchev–Trinajstić information content (AvgIpc) is 2.46. The van der Waals surface area contributed by atoms with Gasteiger partial charge in [-0.1, -0.05) is 24.3 Å². The van der Waals surface area contributed by atoms with Gasteiger partial charge in [-0.25, -0.2) is 0 Å². The molecule has 4 heteroatoms. The van der Waals surface area contributed by atoms with Gasteiger partial charge >= 0.3 is 5.97 Å². The number of carbonyl (C=O) groups is 1. The van der Waals surface area contributed by atoms with Gasteiger partial charge in [0, 0.05) is 4.90 Å². The molecule has 0 amide bonds. The Morgan fingerprint density at radius 2 is 1.65 bits per heavy atom. The minimum absolute atomic E-state index is 0.0381. The van der Waals surface area contributed by atoms with Gasteiger partial charge < -0.3 is 9.84 Å². The van der Waals surface area contributed by atoms with E-state index in [2.05, 4.69) is 12.1 Å². The summed E-state index contributed by atoms with van der Waals surface area (Å²) in [7, 11) is 0. The van der Waals surface area contributed by atoms with E-state index in [9.17, 15) is 4.79 Å². The van der Waals surface area contributed by atoms with E-state index in [-0.39, 0.29) is 6.42 Å². The lowest BCUT2D eigenvalue weighted by molar-refractivity contribution is -0.136. The van der Waals surface area contributed by atoms with Crippen molar-refractivity contribution >= 4 is 17.7 Å². The second-order valence-electron chi connectivity index (χ2n) is 4.35. The molecular weight excluding hydrogens is 272 g/mol. The molecule has 0 fully saturated rings. The van der Waals surface area contributed by atoms with Gasteiger partial charge in [-0.05, 0) is 41.6 Å². The summed E-state index contributed by atoms with van der Waals surface area (Å²) in [6, 6.07) is 15.4. The lowest BCUT2D eigenvalue weighted by atomic mass is 10.1. The maximum Gasteiger partial charge on any atom is 0.307 e. The van der Waals surface area contributed by atoms with Crippen molar-refractivity contribution in [1.82, 2.24) is 0 Å². The maximum atomic E-state index is 10.6. The molecule has 0 bridgehead atoms. The molecule has 0 saturated carbocycles. The first-order chi connectivity index (χ1) is 9.67. The van der Waals surface area contributed by atoms with Crippen molar-refractivity contribution in [1.29, 1.82) is 0 Å². The van der Waals surface area contributed by atoms with Crippen molar-refractivity contribution < 1.29 is 14.6 Å². The molecule has 2 aromatic rings. The van der Waals surface area contributed by atoms with Crippen molar-refractivity contribution in [3.8, 4) is 5.75 Å². The van der Waals surface area contributed by atoms with E-state index in [0.29, 0.717) is 6.61 Å². The molecule has 20 heavy (non-hydrogen) atoms. The number of hydrogen-bond donors (Lipinski definition) is 1. The molecule has 0 spiro atoms. The van der Waals surface area contributed by atoms with Crippen LogP contribution in [-0.2, 0) is 17.8 Å². The molecule has 0 aliphatic rings. The summed E-state index contributed by atoms with van der Waals surface area (Å²) < 4.78 is 5.67. The summed E-state index contributed by atoms with van der Waals surface area (Å²) in [4.78, 5) is 11.8. The highest BCUT2D eigenvalue weighted by Crippen LogP contribution is 2.17. The van der Waals surface area contributed by atoms with Crippen molar-refractivity contribution in [3.63, 3.8) is 0 Å². The Hall–Kier alpha value is -1.94. The molecule has 104 valence electrons. The molecule has 0 aliphatic carbocycles. The summed E-state index contributed by atoms with van der Waals surface area (Å²) in [5, 5.41) is 8.70. The highest BCUT2D eigenvalue weighted by atomic mass is 32.2. The van der Waals surface area contributed by atoms with Crippen LogP contribution in [0.2, 0.25) is 0 Å². The van der Waals surface area contributed by atoms with Crippen LogP contribution in [0.5, 0.6) is 5.75 Å². The lowest BCUT2D eigenvalue weighted by Gasteiger charge is -2.07. The van der Waals surface area contributed by atoms with Crippen LogP contribution in [0.4, 0.5) is 0 Å². The second-order valence-corrected chi connectivity index (χ2v) is 5.23. The number of benzene rings is 2. The molecule has 0 aliphatic heterocycles. The third-order valence-electron chi connectivity index (χ3n) is 2.84. The third-order valence-corrected chi connectivity index (χ3v) is 3.59. The molecule has 0 atom stereocenters. The minimum atomic E-state index is -0.826. The van der Waals surface area contributed by atoms with E-state index in [4.69, 9.17) is 9.84 Å². The first-order valence-corrected chi connectivity index (χ1v) is 7.46. The fraction of sp³-hybridized carbons (Fsp3) is 0.188. The van der Waals surface area contributed by atoms with E-state index >= 15 is 0 Å². The Morgan fingerprint density at radius 3 is 2.20 bits per heavy atom. The number of aliphatic carboxylic acids is 1. The number of ether oxygens (including phenoxy) is 1. The zero-order chi connectivity index (χ0) is 14.4. The van der Waals surface area contributed by atoms with E-state index in [1.54, 1.807) is 36.0 Å². The van der Waals surface area contributed by atoms with Gasteiger partial charge in [-0.2, -0.15) is 0 Å². The zero-order valence-electron chi connectivity index (χ0n) is 11.2. The largest absolute Gasteiger partial charge is 0.489 e. The van der Waals surface area contributed by atoms with Crippen LogP contribution in [0.3, 0.4) is 0 Å². The van der Waals surface area contributed by atoms with E-state index in [0.717, 1.165) is 16.9 Å². The minimum Gasteiger partial charge on any atom is -0.489 e. The highest BCUT2D eigenvalue weighted by Gasteiger charge is 2.01. The van der Waals surface area contributed by atoms with Crippen LogP contribution in [-0.4, -0.2) is 17.3 Å². The number of rotatable bonds is 6. The van der Waals surface area contributed by atoms with Gasteiger partial charge in [0.05, 0.1) is 6.42 Å². The smallest absolute Gasteiger partial charge is 0.307 e.